The quantitative estimate of drug-likeness (QED) is 0.0259. The van der Waals surface area contributed by atoms with Gasteiger partial charge < -0.3 is 28.6 Å². The zero-order chi connectivity index (χ0) is 49.2. The van der Waals surface area contributed by atoms with Crippen molar-refractivity contribution in [3.8, 4) is 0 Å². The first-order valence-electron chi connectivity index (χ1n) is 28.9. The lowest BCUT2D eigenvalue weighted by Gasteiger charge is -2.34. The fourth-order valence-electron chi connectivity index (χ4n) is 8.83. The minimum Gasteiger partial charge on any atom is -0.544 e. The van der Waals surface area contributed by atoms with Crippen LogP contribution >= 0.6 is 0 Å². The summed E-state index contributed by atoms with van der Waals surface area (Å²) in [6.45, 7) is 4.71. The number of carboxylic acid groups (broad SMARTS) is 1. The predicted octanol–water partition coefficient (Wildman–Crippen LogP) is 15.8. The van der Waals surface area contributed by atoms with E-state index in [0.29, 0.717) is 12.8 Å². The van der Waals surface area contributed by atoms with Crippen LogP contribution in [0.4, 0.5) is 0 Å². The molecule has 0 fully saturated rings. The van der Waals surface area contributed by atoms with Crippen LogP contribution in [0.1, 0.15) is 284 Å². The highest BCUT2D eigenvalue weighted by molar-refractivity contribution is 5.70. The minimum atomic E-state index is -1.12. The number of nitrogens with zero attached hydrogens (tertiary/aromatic N) is 1. The molecule has 0 aromatic rings. The Kier molecular flexibility index (Phi) is 48.6. The first kappa shape index (κ1) is 64.8. The average Bonchev–Trinajstić information content (AvgIpc) is 3.29. The van der Waals surface area contributed by atoms with Crippen molar-refractivity contribution in [1.29, 1.82) is 0 Å². The van der Waals surface area contributed by atoms with E-state index in [0.717, 1.165) is 38.5 Å². The van der Waals surface area contributed by atoms with Gasteiger partial charge in [0.2, 0.25) is 0 Å². The second-order valence-corrected chi connectivity index (χ2v) is 20.9. The van der Waals surface area contributed by atoms with Gasteiger partial charge in [0.1, 0.15) is 12.6 Å². The Hall–Kier alpha value is -2.19. The summed E-state index contributed by atoms with van der Waals surface area (Å²) in [6, 6.07) is -0.726. The normalized spacial score (nSPS) is 12.9. The van der Waals surface area contributed by atoms with Crippen LogP contribution in [0.2, 0.25) is 0 Å². The molecule has 0 saturated heterocycles. The van der Waals surface area contributed by atoms with Crippen LogP contribution in [0.5, 0.6) is 0 Å². The SMILES string of the molecule is CCCCCCCCCCCC/C=C/CCCCCCCCCC(=O)OC(COCCC(C(=O)[O-])[N+](C)(C)C)COC(=O)CCCCCCCCC/C=C/CCCCCCCCCCCCC. The minimum absolute atomic E-state index is 0.0413. The van der Waals surface area contributed by atoms with E-state index in [1.54, 1.807) is 0 Å². The van der Waals surface area contributed by atoms with E-state index in [4.69, 9.17) is 14.2 Å². The molecule has 0 heterocycles. The van der Waals surface area contributed by atoms with Crippen LogP contribution < -0.4 is 5.11 Å². The molecule has 2 unspecified atom stereocenters. The van der Waals surface area contributed by atoms with Crippen LogP contribution in [0.15, 0.2) is 24.3 Å². The number of hydrogen-bond acceptors (Lipinski definition) is 7. The molecule has 394 valence electrons. The summed E-state index contributed by atoms with van der Waals surface area (Å²) in [5, 5.41) is 11.7. The lowest BCUT2D eigenvalue weighted by Crippen LogP contribution is -2.55. The first-order chi connectivity index (χ1) is 32.6. The maximum absolute atomic E-state index is 12.8. The van der Waals surface area contributed by atoms with Crippen molar-refractivity contribution in [1.82, 2.24) is 0 Å². The molecule has 0 N–H and O–H groups in total. The summed E-state index contributed by atoms with van der Waals surface area (Å²) in [4.78, 5) is 37.1. The molecule has 0 aliphatic heterocycles. The molecule has 0 aromatic heterocycles. The zero-order valence-corrected chi connectivity index (χ0v) is 45.1. The lowest BCUT2D eigenvalue weighted by atomic mass is 10.0. The Morgan fingerprint density at radius 1 is 0.433 bits per heavy atom. The number of esters is 2. The van der Waals surface area contributed by atoms with E-state index in [1.165, 1.54) is 212 Å². The van der Waals surface area contributed by atoms with E-state index in [-0.39, 0.29) is 42.7 Å². The van der Waals surface area contributed by atoms with Gasteiger partial charge in [0.15, 0.2) is 6.10 Å². The average molecular weight is 947 g/mol. The lowest BCUT2D eigenvalue weighted by molar-refractivity contribution is -0.889. The number of unbranched alkanes of at least 4 members (excludes halogenated alkanes) is 35. The smallest absolute Gasteiger partial charge is 0.306 e. The molecule has 0 radical (unpaired) electrons. The zero-order valence-electron chi connectivity index (χ0n) is 45.1. The van der Waals surface area contributed by atoms with E-state index >= 15 is 0 Å². The third-order valence-corrected chi connectivity index (χ3v) is 13.3. The van der Waals surface area contributed by atoms with Gasteiger partial charge in [0, 0.05) is 19.3 Å². The van der Waals surface area contributed by atoms with Crippen molar-refractivity contribution in [3.05, 3.63) is 24.3 Å². The second kappa shape index (κ2) is 50.2. The molecule has 0 aliphatic rings. The second-order valence-electron chi connectivity index (χ2n) is 20.9. The number of carbonyl (C=O) groups is 3. The molecular formula is C59H111NO7. The van der Waals surface area contributed by atoms with Crippen LogP contribution in [0.3, 0.4) is 0 Å². The van der Waals surface area contributed by atoms with Crippen molar-refractivity contribution >= 4 is 17.9 Å². The molecule has 0 spiro atoms. The third-order valence-electron chi connectivity index (χ3n) is 13.3. The molecule has 0 amide bonds. The Bertz CT molecular complexity index is 1150. The Labute approximate surface area is 415 Å². The maximum Gasteiger partial charge on any atom is 0.306 e. The fourth-order valence-corrected chi connectivity index (χ4v) is 8.83. The van der Waals surface area contributed by atoms with E-state index < -0.39 is 18.1 Å². The van der Waals surface area contributed by atoms with Gasteiger partial charge in [0.25, 0.3) is 0 Å². The molecule has 0 bridgehead atoms. The number of carbonyl (C=O) groups excluding carboxylic acids is 3. The predicted molar refractivity (Wildman–Crippen MR) is 282 cm³/mol. The van der Waals surface area contributed by atoms with Gasteiger partial charge in [0.05, 0.1) is 40.3 Å². The van der Waals surface area contributed by atoms with Crippen molar-refractivity contribution in [2.75, 3.05) is 41.0 Å². The molecule has 0 saturated carbocycles. The Morgan fingerprint density at radius 2 is 0.746 bits per heavy atom. The van der Waals surface area contributed by atoms with Gasteiger partial charge in [-0.05, 0) is 64.2 Å². The molecule has 0 rings (SSSR count). The summed E-state index contributed by atoms with van der Waals surface area (Å²) in [5.41, 5.74) is 0. The summed E-state index contributed by atoms with van der Waals surface area (Å²) in [7, 11) is 5.43. The van der Waals surface area contributed by atoms with Gasteiger partial charge in [-0.2, -0.15) is 0 Å². The van der Waals surface area contributed by atoms with Crippen LogP contribution in [0.25, 0.3) is 0 Å². The molecule has 8 nitrogen and oxygen atoms in total. The Balaban J connectivity index is 4.16. The highest BCUT2D eigenvalue weighted by atomic mass is 16.6. The van der Waals surface area contributed by atoms with Crippen LogP contribution in [-0.2, 0) is 28.6 Å². The number of carboxylic acids is 1. The van der Waals surface area contributed by atoms with Crippen molar-refractivity contribution in [2.45, 2.75) is 296 Å². The highest BCUT2D eigenvalue weighted by Gasteiger charge is 2.25. The maximum atomic E-state index is 12.8. The van der Waals surface area contributed by atoms with Crippen molar-refractivity contribution in [2.24, 2.45) is 0 Å². The highest BCUT2D eigenvalue weighted by Crippen LogP contribution is 2.16. The summed E-state index contributed by atoms with van der Waals surface area (Å²) in [5.74, 6) is -1.73. The van der Waals surface area contributed by atoms with Gasteiger partial charge in [-0.25, -0.2) is 0 Å². The standard InChI is InChI=1S/C59H111NO7/c1-6-8-10-12-14-16-18-20-22-24-26-28-30-31-33-35-37-39-41-43-45-47-49-57(61)66-54-55(53-65-52-51-56(59(63)64)60(3,4)5)67-58(62)50-48-46-44-42-40-38-36-34-32-29-27-25-23-21-19-17-15-13-11-9-7-2/h29-32,55-56H,6-28,33-54H2,1-5H3/b31-30+,32-29+. The first-order valence-corrected chi connectivity index (χ1v) is 28.9. The van der Waals surface area contributed by atoms with Gasteiger partial charge in [-0.3, -0.25) is 9.59 Å². The number of ether oxygens (including phenoxy) is 3. The molecule has 8 heteroatoms. The van der Waals surface area contributed by atoms with E-state index in [9.17, 15) is 19.5 Å². The van der Waals surface area contributed by atoms with Crippen LogP contribution in [-0.4, -0.2) is 75.5 Å². The van der Waals surface area contributed by atoms with Crippen molar-refractivity contribution < 1.29 is 38.2 Å². The van der Waals surface area contributed by atoms with E-state index in [2.05, 4.69) is 38.2 Å². The summed E-state index contributed by atoms with van der Waals surface area (Å²) < 4.78 is 17.3. The molecular weight excluding hydrogens is 835 g/mol. The molecule has 2 atom stereocenters. The number of allylic oxidation sites excluding steroid dienone is 4. The number of rotatable bonds is 53. The molecule has 67 heavy (non-hydrogen) atoms. The van der Waals surface area contributed by atoms with Gasteiger partial charge >= 0.3 is 11.9 Å². The van der Waals surface area contributed by atoms with Gasteiger partial charge in [-0.15, -0.1) is 0 Å². The summed E-state index contributed by atoms with van der Waals surface area (Å²) in [6.07, 6.45) is 59.3. The van der Waals surface area contributed by atoms with Crippen LogP contribution in [0, 0.1) is 0 Å². The monoisotopic (exact) mass is 946 g/mol. The van der Waals surface area contributed by atoms with Gasteiger partial charge in [-0.1, -0.05) is 224 Å². The number of quaternary nitrogens is 1. The summed E-state index contributed by atoms with van der Waals surface area (Å²) >= 11 is 0. The number of likely N-dealkylation sites (N-methyl/N-ethyl adjacent to an activating group) is 1. The topological polar surface area (TPSA) is 102 Å². The number of aliphatic carboxylic acids is 1. The fraction of sp³-hybridized carbons (Fsp3) is 0.881. The largest absolute Gasteiger partial charge is 0.544 e. The van der Waals surface area contributed by atoms with E-state index in [1.807, 2.05) is 21.1 Å². The van der Waals surface area contributed by atoms with Crippen molar-refractivity contribution in [3.63, 3.8) is 0 Å². The third kappa shape index (κ3) is 48.6. The molecule has 0 aromatic carbocycles. The Morgan fingerprint density at radius 3 is 1.07 bits per heavy atom. The number of hydrogen-bond donors (Lipinski definition) is 0. The molecule has 0 aliphatic carbocycles.